The average molecular weight is 369 g/mol. The standard InChI is InChI=1S/C15H19N3O4S2/c1-2-11-6-3-4-8-18(11)13(19)10-24(20,21)15-17-16-14(22-15)12-7-5-9-23-12/h5,7,9,11H,2-4,6,8,10H2,1H3. The number of aromatic nitrogens is 2. The van der Waals surface area contributed by atoms with Crippen LogP contribution < -0.4 is 0 Å². The maximum atomic E-state index is 12.5. The van der Waals surface area contributed by atoms with E-state index in [1.54, 1.807) is 11.0 Å². The van der Waals surface area contributed by atoms with Crippen molar-refractivity contribution in [3.63, 3.8) is 0 Å². The summed E-state index contributed by atoms with van der Waals surface area (Å²) in [5.74, 6) is -0.867. The van der Waals surface area contributed by atoms with Gasteiger partial charge in [-0.3, -0.25) is 4.79 Å². The summed E-state index contributed by atoms with van der Waals surface area (Å²) >= 11 is 1.37. The molecule has 7 nitrogen and oxygen atoms in total. The fourth-order valence-electron chi connectivity index (χ4n) is 2.90. The van der Waals surface area contributed by atoms with Gasteiger partial charge in [-0.25, -0.2) is 8.42 Å². The highest BCUT2D eigenvalue weighted by Crippen LogP contribution is 2.25. The molecule has 1 aliphatic rings. The second kappa shape index (κ2) is 7.02. The molecule has 3 heterocycles. The van der Waals surface area contributed by atoms with Crippen LogP contribution in [0, 0.1) is 0 Å². The molecule has 0 bridgehead atoms. The zero-order valence-corrected chi connectivity index (χ0v) is 15.0. The lowest BCUT2D eigenvalue weighted by Gasteiger charge is -2.35. The number of sulfone groups is 1. The Bertz CT molecular complexity index is 799. The zero-order valence-electron chi connectivity index (χ0n) is 13.3. The summed E-state index contributed by atoms with van der Waals surface area (Å²) in [7, 11) is -3.94. The molecular formula is C15H19N3O4S2. The lowest BCUT2D eigenvalue weighted by molar-refractivity contribution is -0.132. The third kappa shape index (κ3) is 3.51. The van der Waals surface area contributed by atoms with Crippen molar-refractivity contribution >= 4 is 27.1 Å². The van der Waals surface area contributed by atoms with E-state index in [-0.39, 0.29) is 11.9 Å². The van der Waals surface area contributed by atoms with Crippen LogP contribution in [0.3, 0.4) is 0 Å². The molecule has 0 radical (unpaired) electrons. The van der Waals surface area contributed by atoms with E-state index in [1.807, 2.05) is 18.4 Å². The van der Waals surface area contributed by atoms with Crippen LogP contribution in [0.4, 0.5) is 0 Å². The monoisotopic (exact) mass is 369 g/mol. The van der Waals surface area contributed by atoms with E-state index >= 15 is 0 Å². The Morgan fingerprint density at radius 1 is 1.42 bits per heavy atom. The van der Waals surface area contributed by atoms with E-state index in [9.17, 15) is 13.2 Å². The number of piperidine rings is 1. The number of rotatable bonds is 5. The molecule has 1 saturated heterocycles. The van der Waals surface area contributed by atoms with Gasteiger partial charge in [0.2, 0.25) is 15.7 Å². The zero-order chi connectivity index (χ0) is 17.2. The van der Waals surface area contributed by atoms with Crippen molar-refractivity contribution in [3.05, 3.63) is 17.5 Å². The van der Waals surface area contributed by atoms with Gasteiger partial charge in [0.05, 0.1) is 4.88 Å². The van der Waals surface area contributed by atoms with Crippen LogP contribution in [0.25, 0.3) is 10.8 Å². The number of amides is 1. The third-order valence-corrected chi connectivity index (χ3v) is 6.32. The van der Waals surface area contributed by atoms with E-state index in [1.165, 1.54) is 11.3 Å². The van der Waals surface area contributed by atoms with Crippen molar-refractivity contribution in [3.8, 4) is 10.8 Å². The van der Waals surface area contributed by atoms with Crippen LogP contribution >= 0.6 is 11.3 Å². The van der Waals surface area contributed by atoms with Gasteiger partial charge in [0, 0.05) is 12.6 Å². The summed E-state index contributed by atoms with van der Waals surface area (Å²) in [4.78, 5) is 14.8. The maximum Gasteiger partial charge on any atom is 0.336 e. The molecule has 1 atom stereocenters. The molecule has 2 aromatic rings. The van der Waals surface area contributed by atoms with Gasteiger partial charge in [0.1, 0.15) is 5.75 Å². The summed E-state index contributed by atoms with van der Waals surface area (Å²) in [6, 6.07) is 3.69. The first-order chi connectivity index (χ1) is 11.5. The van der Waals surface area contributed by atoms with Crippen LogP contribution in [0.1, 0.15) is 32.6 Å². The molecule has 24 heavy (non-hydrogen) atoms. The lowest BCUT2D eigenvalue weighted by atomic mass is 10.0. The Labute approximate surface area is 144 Å². The number of carbonyl (C=O) groups excluding carboxylic acids is 1. The van der Waals surface area contributed by atoms with Gasteiger partial charge in [-0.05, 0) is 37.1 Å². The SMILES string of the molecule is CCC1CCCCN1C(=O)CS(=O)(=O)c1nnc(-c2cccs2)o1. The molecule has 1 fully saturated rings. The Morgan fingerprint density at radius 2 is 2.25 bits per heavy atom. The van der Waals surface area contributed by atoms with Gasteiger partial charge >= 0.3 is 5.22 Å². The second-order valence-corrected chi connectivity index (χ2v) is 8.57. The molecule has 130 valence electrons. The van der Waals surface area contributed by atoms with Gasteiger partial charge in [0.25, 0.3) is 5.89 Å². The highest BCUT2D eigenvalue weighted by Gasteiger charge is 2.32. The molecule has 2 aromatic heterocycles. The number of thiophene rings is 1. The lowest BCUT2D eigenvalue weighted by Crippen LogP contribution is -2.45. The predicted molar refractivity (Wildman–Crippen MR) is 89.3 cm³/mol. The van der Waals surface area contributed by atoms with Crippen LogP contribution in [0.15, 0.2) is 27.2 Å². The minimum Gasteiger partial charge on any atom is -0.407 e. The van der Waals surface area contributed by atoms with Gasteiger partial charge in [0.15, 0.2) is 0 Å². The fraction of sp³-hybridized carbons (Fsp3) is 0.533. The molecule has 0 aliphatic carbocycles. The highest BCUT2D eigenvalue weighted by atomic mass is 32.2. The molecule has 0 spiro atoms. The van der Waals surface area contributed by atoms with Gasteiger partial charge in [-0.1, -0.05) is 18.1 Å². The number of carbonyl (C=O) groups is 1. The minimum absolute atomic E-state index is 0.116. The van der Waals surface area contributed by atoms with E-state index in [0.29, 0.717) is 11.4 Å². The summed E-state index contributed by atoms with van der Waals surface area (Å²) in [5.41, 5.74) is 0. The minimum atomic E-state index is -3.94. The van der Waals surface area contributed by atoms with Crippen LogP contribution in [0.5, 0.6) is 0 Å². The second-order valence-electron chi connectivity index (χ2n) is 5.75. The molecule has 0 N–H and O–H groups in total. The number of hydrogen-bond donors (Lipinski definition) is 0. The summed E-state index contributed by atoms with van der Waals surface area (Å²) < 4.78 is 30.1. The Kier molecular flexibility index (Phi) is 5.00. The van der Waals surface area contributed by atoms with Gasteiger partial charge in [-0.15, -0.1) is 16.4 Å². The topological polar surface area (TPSA) is 93.4 Å². The molecule has 0 saturated carbocycles. The largest absolute Gasteiger partial charge is 0.407 e. The predicted octanol–water partition coefficient (Wildman–Crippen LogP) is 2.36. The van der Waals surface area contributed by atoms with Crippen molar-refractivity contribution < 1.29 is 17.6 Å². The Morgan fingerprint density at radius 3 is 2.96 bits per heavy atom. The van der Waals surface area contributed by atoms with Gasteiger partial charge in [-0.2, -0.15) is 0 Å². The van der Waals surface area contributed by atoms with Crippen molar-refractivity contribution in [2.45, 2.75) is 43.9 Å². The number of hydrogen-bond acceptors (Lipinski definition) is 7. The summed E-state index contributed by atoms with van der Waals surface area (Å²) in [5, 5.41) is 8.71. The van der Waals surface area contributed by atoms with Gasteiger partial charge < -0.3 is 9.32 Å². The number of likely N-dealkylation sites (tertiary alicyclic amines) is 1. The van der Waals surface area contributed by atoms with Crippen molar-refractivity contribution in [1.29, 1.82) is 0 Å². The van der Waals surface area contributed by atoms with E-state index in [0.717, 1.165) is 25.7 Å². The van der Waals surface area contributed by atoms with Crippen LogP contribution in [-0.2, 0) is 14.6 Å². The molecule has 1 aliphatic heterocycles. The summed E-state index contributed by atoms with van der Waals surface area (Å²) in [6.07, 6.45) is 3.73. The molecule has 0 aromatic carbocycles. The normalized spacial score (nSPS) is 18.7. The molecule has 9 heteroatoms. The average Bonchev–Trinajstić information content (AvgIpc) is 3.25. The summed E-state index contributed by atoms with van der Waals surface area (Å²) in [6.45, 7) is 2.62. The maximum absolute atomic E-state index is 12.5. The Hall–Kier alpha value is -1.74. The first kappa shape index (κ1) is 17.1. The van der Waals surface area contributed by atoms with Crippen molar-refractivity contribution in [2.75, 3.05) is 12.3 Å². The molecular weight excluding hydrogens is 350 g/mol. The first-order valence-electron chi connectivity index (χ1n) is 7.91. The highest BCUT2D eigenvalue weighted by molar-refractivity contribution is 7.91. The third-order valence-electron chi connectivity index (χ3n) is 4.14. The van der Waals surface area contributed by atoms with E-state index < -0.39 is 26.7 Å². The quantitative estimate of drug-likeness (QED) is 0.803. The van der Waals surface area contributed by atoms with Crippen LogP contribution in [-0.4, -0.2) is 47.8 Å². The molecule has 1 unspecified atom stereocenters. The molecule has 3 rings (SSSR count). The van der Waals surface area contributed by atoms with E-state index in [4.69, 9.17) is 4.42 Å². The first-order valence-corrected chi connectivity index (χ1v) is 10.4. The van der Waals surface area contributed by atoms with E-state index in [2.05, 4.69) is 10.2 Å². The van der Waals surface area contributed by atoms with Crippen molar-refractivity contribution in [1.82, 2.24) is 15.1 Å². The smallest absolute Gasteiger partial charge is 0.336 e. The number of nitrogens with zero attached hydrogens (tertiary/aromatic N) is 3. The fourth-order valence-corrected chi connectivity index (χ4v) is 4.53. The van der Waals surface area contributed by atoms with Crippen molar-refractivity contribution in [2.24, 2.45) is 0 Å². The Balaban J connectivity index is 1.75. The van der Waals surface area contributed by atoms with Crippen LogP contribution in [0.2, 0.25) is 0 Å². The molecule has 1 amide bonds.